The Morgan fingerprint density at radius 3 is 2.33 bits per heavy atom. The average Bonchev–Trinajstić information content (AvgIpc) is 2.11. The quantitative estimate of drug-likeness (QED) is 0.311. The van der Waals surface area contributed by atoms with Gasteiger partial charge in [0.15, 0.2) is 6.29 Å². The van der Waals surface area contributed by atoms with Crippen LogP contribution in [-0.4, -0.2) is 43.7 Å². The lowest BCUT2D eigenvalue weighted by atomic mass is 10.4. The van der Waals surface area contributed by atoms with Crippen LogP contribution in [0.2, 0.25) is 0 Å². The summed E-state index contributed by atoms with van der Waals surface area (Å²) in [5, 5.41) is 0. The molecule has 0 aromatic carbocycles. The van der Waals surface area contributed by atoms with E-state index >= 15 is 0 Å². The Balaban J connectivity index is 3.06. The van der Waals surface area contributed by atoms with E-state index < -0.39 is 10.0 Å². The van der Waals surface area contributed by atoms with Crippen molar-refractivity contribution < 1.29 is 18.3 Å². The third-order valence-corrected chi connectivity index (χ3v) is 2.42. The summed E-state index contributed by atoms with van der Waals surface area (Å²) < 4.78 is 20.3. The topological polar surface area (TPSA) is 36.9 Å². The first-order valence-corrected chi connectivity index (χ1v) is 5.21. The fraction of sp³-hybridized carbons (Fsp3) is 1.00. The van der Waals surface area contributed by atoms with Gasteiger partial charge in [-0.25, -0.2) is 0 Å². The number of methoxy groups -OCH3 is 2. The van der Waals surface area contributed by atoms with Crippen LogP contribution in [0.15, 0.2) is 0 Å². The Bertz CT molecular complexity index is 87.5. The van der Waals surface area contributed by atoms with E-state index in [1.807, 2.05) is 6.92 Å². The Labute approximate surface area is 76.2 Å². The molecule has 4 nitrogen and oxygen atoms in total. The Morgan fingerprint density at radius 1 is 1.17 bits per heavy atom. The van der Waals surface area contributed by atoms with Crippen molar-refractivity contribution in [2.75, 3.05) is 27.4 Å². The summed E-state index contributed by atoms with van der Waals surface area (Å²) in [6.07, 6.45) is 0.605. The molecule has 0 atom stereocenters. The summed E-state index contributed by atoms with van der Waals surface area (Å²) in [7, 11) is 2.48. The van der Waals surface area contributed by atoms with E-state index in [0.29, 0.717) is 6.61 Å². The van der Waals surface area contributed by atoms with E-state index in [-0.39, 0.29) is 6.29 Å². The zero-order valence-electron chi connectivity index (χ0n) is 8.04. The predicted molar refractivity (Wildman–Crippen MR) is 48.5 cm³/mol. The molecule has 0 radical (unpaired) electrons. The first-order valence-electron chi connectivity index (χ1n) is 4.06. The van der Waals surface area contributed by atoms with E-state index in [9.17, 15) is 0 Å². The van der Waals surface area contributed by atoms with Crippen molar-refractivity contribution in [1.29, 1.82) is 0 Å². The molecule has 0 aliphatic rings. The van der Waals surface area contributed by atoms with Gasteiger partial charge in [0.25, 0.3) is 0 Å². The molecule has 0 saturated carbocycles. The molecule has 0 aliphatic heterocycles. The van der Waals surface area contributed by atoms with Crippen molar-refractivity contribution in [2.45, 2.75) is 19.6 Å². The van der Waals surface area contributed by atoms with Crippen molar-refractivity contribution >= 4 is 10.0 Å². The highest BCUT2D eigenvalue weighted by Crippen LogP contribution is 1.96. The number of hydrogen-bond donors (Lipinski definition) is 0. The van der Waals surface area contributed by atoms with Gasteiger partial charge in [0.2, 0.25) is 0 Å². The molecule has 5 heteroatoms. The molecule has 12 heavy (non-hydrogen) atoms. The third-order valence-electron chi connectivity index (χ3n) is 1.39. The summed E-state index contributed by atoms with van der Waals surface area (Å²) in [5.41, 5.74) is 0. The van der Waals surface area contributed by atoms with E-state index in [2.05, 4.69) is 0 Å². The van der Waals surface area contributed by atoms with Crippen molar-refractivity contribution in [3.8, 4) is 0 Å². The molecule has 0 unspecified atom stereocenters. The molecule has 0 amide bonds. The number of rotatable bonds is 8. The van der Waals surface area contributed by atoms with Gasteiger partial charge >= 0.3 is 10.0 Å². The van der Waals surface area contributed by atoms with Gasteiger partial charge in [-0.15, -0.1) is 0 Å². The average molecular weight is 194 g/mol. The predicted octanol–water partition coefficient (Wildman–Crippen LogP) is 0.0473. The maximum Gasteiger partial charge on any atom is 0.304 e. The first-order chi connectivity index (χ1) is 5.85. The fourth-order valence-electron chi connectivity index (χ4n) is 0.713. The molecule has 0 aromatic heterocycles. The van der Waals surface area contributed by atoms with Gasteiger partial charge in [-0.3, -0.25) is 0 Å². The lowest BCUT2D eigenvalue weighted by Crippen LogP contribution is -2.17. The van der Waals surface area contributed by atoms with Crippen LogP contribution in [0.5, 0.6) is 0 Å². The lowest BCUT2D eigenvalue weighted by Gasteiger charge is -2.12. The second-order valence-electron chi connectivity index (χ2n) is 2.21. The largest absolute Gasteiger partial charge is 0.399 e. The van der Waals surface area contributed by atoms with Gasteiger partial charge < -0.3 is 18.3 Å². The van der Waals surface area contributed by atoms with Crippen molar-refractivity contribution in [3.05, 3.63) is 0 Å². The summed E-state index contributed by atoms with van der Waals surface area (Å²) in [6, 6.07) is 0. The van der Waals surface area contributed by atoms with E-state index in [1.165, 1.54) is 0 Å². The Hall–Kier alpha value is 0.0569. The van der Waals surface area contributed by atoms with Gasteiger partial charge in [0.05, 0.1) is 0 Å². The molecule has 0 N–H and O–H groups in total. The van der Waals surface area contributed by atoms with Crippen LogP contribution in [0.25, 0.3) is 0 Å². The third kappa shape index (κ3) is 6.75. The zero-order valence-corrected chi connectivity index (χ0v) is 9.45. The van der Waals surface area contributed by atoms with Gasteiger partial charge in [0, 0.05) is 33.9 Å². The summed E-state index contributed by atoms with van der Waals surface area (Å²) in [4.78, 5) is 0. The van der Waals surface area contributed by atoms with Crippen LogP contribution < -0.4 is 0 Å². The summed E-state index contributed by atoms with van der Waals surface area (Å²) in [5.74, 6) is 0. The highest BCUT2D eigenvalue weighted by atomic mass is 28.3. The molecule has 0 fully saturated rings. The van der Waals surface area contributed by atoms with Crippen LogP contribution >= 0.6 is 0 Å². The van der Waals surface area contributed by atoms with Crippen LogP contribution in [0.4, 0.5) is 0 Å². The highest BCUT2D eigenvalue weighted by Gasteiger charge is 2.03. The van der Waals surface area contributed by atoms with E-state index in [0.717, 1.165) is 13.0 Å². The fourth-order valence-corrected chi connectivity index (χ4v) is 1.28. The maximum atomic E-state index is 5.26. The van der Waals surface area contributed by atoms with Crippen LogP contribution in [0.3, 0.4) is 0 Å². The van der Waals surface area contributed by atoms with Crippen molar-refractivity contribution in [2.24, 2.45) is 0 Å². The van der Waals surface area contributed by atoms with E-state index in [4.69, 9.17) is 18.3 Å². The van der Waals surface area contributed by atoms with Crippen LogP contribution in [0.1, 0.15) is 13.3 Å². The number of hydrogen-bond acceptors (Lipinski definition) is 4. The van der Waals surface area contributed by atoms with Gasteiger partial charge in [0.1, 0.15) is 0 Å². The SMILES string of the molecule is CCO[SiH2]OCCC(OC)OC. The molecule has 0 spiro atoms. The first kappa shape index (κ1) is 12.1. The summed E-state index contributed by atoms with van der Waals surface area (Å²) in [6.45, 7) is 3.35. The van der Waals surface area contributed by atoms with Crippen LogP contribution in [-0.2, 0) is 18.3 Å². The zero-order chi connectivity index (χ0) is 9.23. The van der Waals surface area contributed by atoms with Crippen molar-refractivity contribution in [1.82, 2.24) is 0 Å². The minimum atomic E-state index is -0.758. The minimum Gasteiger partial charge on any atom is -0.399 e. The summed E-state index contributed by atoms with van der Waals surface area (Å²) >= 11 is 0. The highest BCUT2D eigenvalue weighted by molar-refractivity contribution is 6.17. The van der Waals surface area contributed by atoms with Crippen LogP contribution in [0, 0.1) is 0 Å². The van der Waals surface area contributed by atoms with Gasteiger partial charge in [-0.05, 0) is 6.92 Å². The monoisotopic (exact) mass is 194 g/mol. The van der Waals surface area contributed by atoms with Crippen molar-refractivity contribution in [3.63, 3.8) is 0 Å². The number of ether oxygens (including phenoxy) is 2. The molecule has 0 saturated heterocycles. The Morgan fingerprint density at radius 2 is 1.83 bits per heavy atom. The molecule has 0 aromatic rings. The molecular weight excluding hydrogens is 176 g/mol. The molecular formula is C7H18O4Si. The molecule has 0 aliphatic carbocycles. The Kier molecular flexibility index (Phi) is 9.19. The minimum absolute atomic E-state index is 0.152. The standard InChI is InChI=1S/C7H18O4Si/c1-4-10-12-11-6-5-7(8-2)9-3/h7H,4-6,12H2,1-3H3. The van der Waals surface area contributed by atoms with Gasteiger partial charge in [-0.1, -0.05) is 0 Å². The second-order valence-corrected chi connectivity index (χ2v) is 3.26. The molecule has 74 valence electrons. The maximum absolute atomic E-state index is 5.26. The smallest absolute Gasteiger partial charge is 0.304 e. The molecule has 0 bridgehead atoms. The van der Waals surface area contributed by atoms with E-state index in [1.54, 1.807) is 14.2 Å². The second kappa shape index (κ2) is 9.15. The normalized spacial score (nSPS) is 12.0. The molecule has 0 rings (SSSR count). The lowest BCUT2D eigenvalue weighted by molar-refractivity contribution is -0.111. The van der Waals surface area contributed by atoms with Gasteiger partial charge in [-0.2, -0.15) is 0 Å². The molecule has 0 heterocycles.